The van der Waals surface area contributed by atoms with E-state index in [1.807, 2.05) is 25.1 Å². The predicted molar refractivity (Wildman–Crippen MR) is 140 cm³/mol. The van der Waals surface area contributed by atoms with E-state index in [0.29, 0.717) is 17.9 Å². The fourth-order valence-electron chi connectivity index (χ4n) is 5.08. The molecule has 2 aromatic carbocycles. The third-order valence-corrected chi connectivity index (χ3v) is 7.20. The molecule has 3 heterocycles. The van der Waals surface area contributed by atoms with Crippen molar-refractivity contribution in [3.05, 3.63) is 64.7 Å². The molecule has 7 nitrogen and oxygen atoms in total. The first-order valence-electron chi connectivity index (χ1n) is 12.6. The number of fused-ring (bicyclic) bond motifs is 1. The van der Waals surface area contributed by atoms with Crippen LogP contribution in [0, 0.1) is 5.92 Å². The average molecular weight is 488 g/mol. The largest absolute Gasteiger partial charge is 0.492 e. The minimum absolute atomic E-state index is 0.200. The number of nitrogens with zero attached hydrogens (tertiary/aromatic N) is 2. The topological polar surface area (TPSA) is 80.2 Å². The van der Waals surface area contributed by atoms with Crippen LogP contribution < -0.4 is 10.1 Å². The Morgan fingerprint density at radius 3 is 2.61 bits per heavy atom. The van der Waals surface area contributed by atoms with Crippen molar-refractivity contribution >= 4 is 17.5 Å². The molecule has 2 unspecified atom stereocenters. The van der Waals surface area contributed by atoms with E-state index in [9.17, 15) is 9.59 Å². The lowest BCUT2D eigenvalue weighted by atomic mass is 9.93. The van der Waals surface area contributed by atoms with Gasteiger partial charge in [0.25, 0.3) is 11.8 Å². The van der Waals surface area contributed by atoms with Crippen molar-refractivity contribution in [3.8, 4) is 16.9 Å². The summed E-state index contributed by atoms with van der Waals surface area (Å²) in [5, 5.41) is 2.96. The average Bonchev–Trinajstić information content (AvgIpc) is 3.24. The summed E-state index contributed by atoms with van der Waals surface area (Å²) in [5.41, 5.74) is 6.42. The van der Waals surface area contributed by atoms with Crippen LogP contribution in [0.25, 0.3) is 11.1 Å². The SMILES string of the molecule is CC1=CC(C)=NC(=O)C1CNC(=O)c1cc(-c2ccc(CN3CCOCC3)cc2)c2c(c1)C(C)CO2. The summed E-state index contributed by atoms with van der Waals surface area (Å²) in [4.78, 5) is 32.0. The van der Waals surface area contributed by atoms with Crippen LogP contribution in [0.2, 0.25) is 0 Å². The lowest BCUT2D eigenvalue weighted by Gasteiger charge is -2.26. The van der Waals surface area contributed by atoms with Gasteiger partial charge in [0, 0.05) is 54.5 Å². The van der Waals surface area contributed by atoms with Crippen LogP contribution in [0.5, 0.6) is 5.75 Å². The number of aliphatic imine (C=N–C) groups is 1. The van der Waals surface area contributed by atoms with Crippen LogP contribution in [-0.2, 0) is 16.1 Å². The molecule has 1 saturated heterocycles. The lowest BCUT2D eigenvalue weighted by Crippen LogP contribution is -2.35. The first-order valence-corrected chi connectivity index (χ1v) is 12.6. The van der Waals surface area contributed by atoms with Crippen molar-refractivity contribution in [2.45, 2.75) is 33.2 Å². The first kappa shape index (κ1) is 24.4. The molecule has 0 saturated carbocycles. The van der Waals surface area contributed by atoms with Crippen LogP contribution in [0.4, 0.5) is 0 Å². The molecular formula is C29H33N3O4. The zero-order valence-corrected chi connectivity index (χ0v) is 21.2. The highest BCUT2D eigenvalue weighted by atomic mass is 16.5. The zero-order valence-electron chi connectivity index (χ0n) is 21.2. The summed E-state index contributed by atoms with van der Waals surface area (Å²) in [6, 6.07) is 12.3. The summed E-state index contributed by atoms with van der Waals surface area (Å²) in [7, 11) is 0. The van der Waals surface area contributed by atoms with Gasteiger partial charge in [0.2, 0.25) is 0 Å². The van der Waals surface area contributed by atoms with Gasteiger partial charge in [0.15, 0.2) is 0 Å². The zero-order chi connectivity index (χ0) is 25.2. The summed E-state index contributed by atoms with van der Waals surface area (Å²) in [6.07, 6.45) is 1.90. The minimum Gasteiger partial charge on any atom is -0.492 e. The van der Waals surface area contributed by atoms with Gasteiger partial charge in [-0.25, -0.2) is 4.99 Å². The quantitative estimate of drug-likeness (QED) is 0.667. The Balaban J connectivity index is 1.36. The fraction of sp³-hybridized carbons (Fsp3) is 0.414. The standard InChI is InChI=1S/C29H33N3O4/c1-18-12-20(3)31-29(34)26(18)15-30-28(33)23-13-24-19(2)17-36-27(24)25(14-23)22-6-4-21(5-7-22)16-32-8-10-35-11-9-32/h4-7,12-14,19,26H,8-11,15-17H2,1-3H3,(H,30,33). The molecular weight excluding hydrogens is 454 g/mol. The third kappa shape index (κ3) is 5.13. The second-order valence-electron chi connectivity index (χ2n) is 9.98. The Morgan fingerprint density at radius 1 is 1.14 bits per heavy atom. The Labute approximate surface area is 212 Å². The molecule has 1 fully saturated rings. The summed E-state index contributed by atoms with van der Waals surface area (Å²) >= 11 is 0. The van der Waals surface area contributed by atoms with Crippen LogP contribution in [-0.4, -0.2) is 61.9 Å². The number of ether oxygens (including phenoxy) is 2. The van der Waals surface area contributed by atoms with Gasteiger partial charge in [0.1, 0.15) is 5.75 Å². The highest BCUT2D eigenvalue weighted by Crippen LogP contribution is 2.42. The molecule has 7 heteroatoms. The van der Waals surface area contributed by atoms with Gasteiger partial charge in [-0.3, -0.25) is 14.5 Å². The molecule has 0 bridgehead atoms. The highest BCUT2D eigenvalue weighted by Gasteiger charge is 2.28. The number of rotatable bonds is 6. The van der Waals surface area contributed by atoms with Gasteiger partial charge in [-0.15, -0.1) is 0 Å². The monoisotopic (exact) mass is 487 g/mol. The number of amides is 2. The second kappa shape index (κ2) is 10.4. The molecule has 2 amide bonds. The van der Waals surface area contributed by atoms with E-state index in [1.54, 1.807) is 6.92 Å². The normalized spacial score (nSPS) is 21.9. The third-order valence-electron chi connectivity index (χ3n) is 7.20. The molecule has 0 aliphatic carbocycles. The van der Waals surface area contributed by atoms with Gasteiger partial charge < -0.3 is 14.8 Å². The molecule has 0 radical (unpaired) electrons. The van der Waals surface area contributed by atoms with Crippen molar-refractivity contribution in [1.82, 2.24) is 10.2 Å². The molecule has 1 N–H and O–H groups in total. The maximum Gasteiger partial charge on any atom is 0.254 e. The fourth-order valence-corrected chi connectivity index (χ4v) is 5.08. The van der Waals surface area contributed by atoms with Crippen molar-refractivity contribution in [1.29, 1.82) is 0 Å². The summed E-state index contributed by atoms with van der Waals surface area (Å²) in [5.74, 6) is 0.226. The summed E-state index contributed by atoms with van der Waals surface area (Å²) in [6.45, 7) is 11.0. The van der Waals surface area contributed by atoms with Crippen LogP contribution >= 0.6 is 0 Å². The number of morpholine rings is 1. The molecule has 0 aromatic heterocycles. The Kier molecular flexibility index (Phi) is 7.03. The Bertz CT molecular complexity index is 1230. The van der Waals surface area contributed by atoms with E-state index in [4.69, 9.17) is 9.47 Å². The number of hydrogen-bond acceptors (Lipinski definition) is 5. The van der Waals surface area contributed by atoms with E-state index >= 15 is 0 Å². The highest BCUT2D eigenvalue weighted by molar-refractivity contribution is 6.06. The van der Waals surface area contributed by atoms with Crippen LogP contribution in [0.15, 0.2) is 53.0 Å². The number of dihydropyridines is 1. The van der Waals surface area contributed by atoms with Crippen molar-refractivity contribution < 1.29 is 19.1 Å². The number of carbonyl (C=O) groups excluding carboxylic acids is 2. The maximum absolute atomic E-state index is 13.2. The van der Waals surface area contributed by atoms with Gasteiger partial charge in [-0.1, -0.05) is 36.8 Å². The van der Waals surface area contributed by atoms with Gasteiger partial charge in [-0.2, -0.15) is 0 Å². The Hall–Kier alpha value is -3.29. The first-order chi connectivity index (χ1) is 17.4. The molecule has 3 aliphatic rings. The molecule has 5 rings (SSSR count). The second-order valence-corrected chi connectivity index (χ2v) is 9.98. The Morgan fingerprint density at radius 2 is 1.89 bits per heavy atom. The molecule has 3 aliphatic heterocycles. The van der Waals surface area contributed by atoms with E-state index in [2.05, 4.69) is 46.4 Å². The van der Waals surface area contributed by atoms with E-state index < -0.39 is 5.92 Å². The van der Waals surface area contributed by atoms with E-state index in [0.717, 1.165) is 60.9 Å². The van der Waals surface area contributed by atoms with Gasteiger partial charge in [0.05, 0.1) is 25.7 Å². The minimum atomic E-state index is -0.423. The van der Waals surface area contributed by atoms with Crippen LogP contribution in [0.3, 0.4) is 0 Å². The van der Waals surface area contributed by atoms with Gasteiger partial charge >= 0.3 is 0 Å². The molecule has 2 aromatic rings. The maximum atomic E-state index is 13.2. The van der Waals surface area contributed by atoms with Crippen molar-refractivity contribution in [2.75, 3.05) is 39.5 Å². The van der Waals surface area contributed by atoms with E-state index in [1.165, 1.54) is 5.56 Å². The number of carbonyl (C=O) groups is 2. The number of hydrogen-bond donors (Lipinski definition) is 1. The van der Waals surface area contributed by atoms with Crippen LogP contribution in [0.1, 0.15) is 48.2 Å². The summed E-state index contributed by atoms with van der Waals surface area (Å²) < 4.78 is 11.5. The molecule has 36 heavy (non-hydrogen) atoms. The van der Waals surface area contributed by atoms with Gasteiger partial charge in [-0.05, 0) is 43.2 Å². The number of allylic oxidation sites excluding steroid dienone is 1. The van der Waals surface area contributed by atoms with Crippen molar-refractivity contribution in [3.63, 3.8) is 0 Å². The number of benzene rings is 2. The smallest absolute Gasteiger partial charge is 0.254 e. The molecule has 2 atom stereocenters. The van der Waals surface area contributed by atoms with Crippen molar-refractivity contribution in [2.24, 2.45) is 10.9 Å². The predicted octanol–water partition coefficient (Wildman–Crippen LogP) is 3.98. The van der Waals surface area contributed by atoms with E-state index in [-0.39, 0.29) is 24.3 Å². The molecule has 188 valence electrons. The molecule has 0 spiro atoms. The lowest BCUT2D eigenvalue weighted by molar-refractivity contribution is -0.120. The number of nitrogens with one attached hydrogen (secondary N) is 1.